The maximum atomic E-state index is 12.1. The van der Waals surface area contributed by atoms with E-state index in [9.17, 15) is 9.90 Å². The van der Waals surface area contributed by atoms with E-state index in [1.165, 1.54) is 19.3 Å². The van der Waals surface area contributed by atoms with E-state index in [0.717, 1.165) is 12.8 Å². The molecule has 0 aromatic carbocycles. The molecule has 0 bridgehead atoms. The van der Waals surface area contributed by atoms with Crippen LogP contribution in [0.1, 0.15) is 55.3 Å². The van der Waals surface area contributed by atoms with E-state index in [1.807, 2.05) is 6.92 Å². The van der Waals surface area contributed by atoms with Crippen molar-refractivity contribution in [3.05, 3.63) is 17.5 Å². The van der Waals surface area contributed by atoms with Crippen molar-refractivity contribution >= 4 is 5.91 Å². The lowest BCUT2D eigenvalue weighted by Crippen LogP contribution is -2.54. The highest BCUT2D eigenvalue weighted by molar-refractivity contribution is 5.92. The number of aromatic nitrogens is 1. The van der Waals surface area contributed by atoms with Crippen LogP contribution in [0.5, 0.6) is 0 Å². The summed E-state index contributed by atoms with van der Waals surface area (Å²) in [6.07, 6.45) is 5.68. The molecule has 5 heteroatoms. The molecule has 1 aliphatic carbocycles. The molecule has 1 fully saturated rings. The second kappa shape index (κ2) is 5.74. The summed E-state index contributed by atoms with van der Waals surface area (Å²) >= 11 is 0. The summed E-state index contributed by atoms with van der Waals surface area (Å²) in [5.74, 6) is 0.649. The number of nitrogens with one attached hydrogen (secondary N) is 1. The van der Waals surface area contributed by atoms with Crippen molar-refractivity contribution in [3.8, 4) is 0 Å². The van der Waals surface area contributed by atoms with Gasteiger partial charge in [-0.3, -0.25) is 4.79 Å². The Hall–Kier alpha value is -1.36. The Balaban J connectivity index is 2.06. The molecule has 0 unspecified atom stereocenters. The molecule has 1 atom stereocenters. The molecule has 5 nitrogen and oxygen atoms in total. The first-order valence-electron chi connectivity index (χ1n) is 6.92. The van der Waals surface area contributed by atoms with Crippen LogP contribution in [0.15, 0.2) is 10.6 Å². The molecule has 19 heavy (non-hydrogen) atoms. The summed E-state index contributed by atoms with van der Waals surface area (Å²) in [7, 11) is 0. The second-order valence-corrected chi connectivity index (χ2v) is 5.69. The summed E-state index contributed by atoms with van der Waals surface area (Å²) in [5, 5.41) is 16.3. The molecule has 1 heterocycles. The van der Waals surface area contributed by atoms with Gasteiger partial charge in [-0.25, -0.2) is 0 Å². The van der Waals surface area contributed by atoms with Crippen LogP contribution in [0.4, 0.5) is 0 Å². The highest BCUT2D eigenvalue weighted by Crippen LogP contribution is 2.32. The van der Waals surface area contributed by atoms with Crippen LogP contribution in [0.3, 0.4) is 0 Å². The van der Waals surface area contributed by atoms with Crippen molar-refractivity contribution in [1.82, 2.24) is 10.5 Å². The van der Waals surface area contributed by atoms with E-state index >= 15 is 0 Å². The van der Waals surface area contributed by atoms with Gasteiger partial charge in [0, 0.05) is 6.07 Å². The Labute approximate surface area is 113 Å². The van der Waals surface area contributed by atoms with Crippen molar-refractivity contribution < 1.29 is 14.4 Å². The molecule has 0 radical (unpaired) electrons. The van der Waals surface area contributed by atoms with Crippen molar-refractivity contribution in [1.29, 1.82) is 0 Å². The quantitative estimate of drug-likeness (QED) is 0.874. The van der Waals surface area contributed by atoms with E-state index in [-0.39, 0.29) is 18.2 Å². The molecular weight excluding hydrogens is 244 g/mol. The van der Waals surface area contributed by atoms with E-state index in [2.05, 4.69) is 10.5 Å². The van der Waals surface area contributed by atoms with Crippen LogP contribution in [0.2, 0.25) is 0 Å². The van der Waals surface area contributed by atoms with E-state index in [4.69, 9.17) is 4.52 Å². The van der Waals surface area contributed by atoms with Crippen LogP contribution in [0.25, 0.3) is 0 Å². The maximum absolute atomic E-state index is 12.1. The third kappa shape index (κ3) is 3.15. The standard InChI is InChI=1S/C14H22N2O3/c1-10-8-12(16-19-10)13(18)15-14(2,9-17)11-6-4-3-5-7-11/h8,11,17H,3-7,9H2,1-2H3,(H,15,18)/t14-/m0/s1. The first kappa shape index (κ1) is 14.1. The molecule has 1 aliphatic rings. The number of amides is 1. The van der Waals surface area contributed by atoms with Gasteiger partial charge in [0.25, 0.3) is 5.91 Å². The zero-order valence-electron chi connectivity index (χ0n) is 11.6. The number of aryl methyl sites for hydroxylation is 1. The topological polar surface area (TPSA) is 75.4 Å². The Morgan fingerprint density at radius 3 is 2.74 bits per heavy atom. The molecule has 0 aliphatic heterocycles. The Morgan fingerprint density at radius 2 is 2.21 bits per heavy atom. The number of rotatable bonds is 4. The lowest BCUT2D eigenvalue weighted by Gasteiger charge is -2.39. The van der Waals surface area contributed by atoms with Gasteiger partial charge < -0.3 is 14.9 Å². The van der Waals surface area contributed by atoms with Gasteiger partial charge in [-0.15, -0.1) is 0 Å². The van der Waals surface area contributed by atoms with Crippen molar-refractivity contribution in [2.24, 2.45) is 5.92 Å². The van der Waals surface area contributed by atoms with Crippen LogP contribution in [-0.2, 0) is 0 Å². The molecule has 1 aromatic rings. The Kier molecular flexibility index (Phi) is 4.24. The fraction of sp³-hybridized carbons (Fsp3) is 0.714. The van der Waals surface area contributed by atoms with Crippen molar-refractivity contribution in [3.63, 3.8) is 0 Å². The predicted molar refractivity (Wildman–Crippen MR) is 70.8 cm³/mol. The number of carbonyl (C=O) groups is 1. The van der Waals surface area contributed by atoms with Crippen LogP contribution >= 0.6 is 0 Å². The fourth-order valence-corrected chi connectivity index (χ4v) is 2.81. The monoisotopic (exact) mass is 266 g/mol. The lowest BCUT2D eigenvalue weighted by atomic mass is 9.76. The molecular formula is C14H22N2O3. The zero-order chi connectivity index (χ0) is 13.9. The van der Waals surface area contributed by atoms with Gasteiger partial charge in [-0.2, -0.15) is 0 Å². The first-order valence-corrected chi connectivity index (χ1v) is 6.92. The number of hydrogen-bond donors (Lipinski definition) is 2. The Morgan fingerprint density at radius 1 is 1.53 bits per heavy atom. The predicted octanol–water partition coefficient (Wildman–Crippen LogP) is 2.04. The Bertz CT molecular complexity index is 438. The van der Waals surface area contributed by atoms with Gasteiger partial charge in [0.2, 0.25) is 0 Å². The van der Waals surface area contributed by atoms with Gasteiger partial charge in [-0.1, -0.05) is 24.4 Å². The summed E-state index contributed by atoms with van der Waals surface area (Å²) in [6.45, 7) is 3.60. The fourth-order valence-electron chi connectivity index (χ4n) is 2.81. The number of hydrogen-bond acceptors (Lipinski definition) is 4. The zero-order valence-corrected chi connectivity index (χ0v) is 11.6. The summed E-state index contributed by atoms with van der Waals surface area (Å²) in [5.41, 5.74) is -0.308. The van der Waals surface area contributed by atoms with Gasteiger partial charge in [0.15, 0.2) is 5.69 Å². The number of carbonyl (C=O) groups excluding carboxylic acids is 1. The third-order valence-electron chi connectivity index (χ3n) is 4.09. The molecule has 2 N–H and O–H groups in total. The SMILES string of the molecule is Cc1cc(C(=O)N[C@@](C)(CO)C2CCCCC2)no1. The van der Waals surface area contributed by atoms with Crippen LogP contribution < -0.4 is 5.32 Å². The highest BCUT2D eigenvalue weighted by Gasteiger charge is 2.36. The molecule has 1 saturated carbocycles. The minimum absolute atomic E-state index is 0.0553. The summed E-state index contributed by atoms with van der Waals surface area (Å²) < 4.78 is 4.91. The van der Waals surface area contributed by atoms with Gasteiger partial charge in [0.05, 0.1) is 12.1 Å². The first-order chi connectivity index (χ1) is 9.05. The molecule has 0 saturated heterocycles. The largest absolute Gasteiger partial charge is 0.394 e. The van der Waals surface area contributed by atoms with E-state index in [1.54, 1.807) is 13.0 Å². The van der Waals surface area contributed by atoms with Crippen LogP contribution in [-0.4, -0.2) is 28.3 Å². The maximum Gasteiger partial charge on any atom is 0.273 e. The number of aliphatic hydroxyl groups excluding tert-OH is 1. The molecule has 0 spiro atoms. The van der Waals surface area contributed by atoms with Gasteiger partial charge in [-0.05, 0) is 32.6 Å². The molecule has 1 aromatic heterocycles. The molecule has 106 valence electrons. The minimum Gasteiger partial charge on any atom is -0.394 e. The smallest absolute Gasteiger partial charge is 0.273 e. The van der Waals surface area contributed by atoms with E-state index < -0.39 is 5.54 Å². The van der Waals surface area contributed by atoms with Crippen LogP contribution in [0, 0.1) is 12.8 Å². The average molecular weight is 266 g/mol. The van der Waals surface area contributed by atoms with Crippen molar-refractivity contribution in [2.45, 2.75) is 51.5 Å². The average Bonchev–Trinajstić information content (AvgIpc) is 2.86. The van der Waals surface area contributed by atoms with Crippen molar-refractivity contribution in [2.75, 3.05) is 6.61 Å². The highest BCUT2D eigenvalue weighted by atomic mass is 16.5. The van der Waals surface area contributed by atoms with Gasteiger partial charge >= 0.3 is 0 Å². The summed E-state index contributed by atoms with van der Waals surface area (Å²) in [4.78, 5) is 12.1. The third-order valence-corrected chi connectivity index (χ3v) is 4.09. The second-order valence-electron chi connectivity index (χ2n) is 5.69. The minimum atomic E-state index is -0.579. The lowest BCUT2D eigenvalue weighted by molar-refractivity contribution is 0.0672. The normalized spacial score (nSPS) is 19.9. The molecule has 1 amide bonds. The number of nitrogens with zero attached hydrogens (tertiary/aromatic N) is 1. The number of aliphatic hydroxyl groups is 1. The van der Waals surface area contributed by atoms with Gasteiger partial charge in [0.1, 0.15) is 5.76 Å². The summed E-state index contributed by atoms with van der Waals surface area (Å²) in [6, 6.07) is 1.61. The van der Waals surface area contributed by atoms with E-state index in [0.29, 0.717) is 11.7 Å². The molecule has 2 rings (SSSR count).